The number of rotatable bonds is 1. The van der Waals surface area contributed by atoms with Gasteiger partial charge in [0.1, 0.15) is 0 Å². The van der Waals surface area contributed by atoms with Gasteiger partial charge in [0.05, 0.1) is 0 Å². The molecule has 9 heavy (non-hydrogen) atoms. The van der Waals surface area contributed by atoms with Gasteiger partial charge in [-0.2, -0.15) is 0 Å². The van der Waals surface area contributed by atoms with Gasteiger partial charge in [-0.15, -0.1) is 0 Å². The largest absolute Gasteiger partial charge is 1.00 e. The fourth-order valence-corrected chi connectivity index (χ4v) is 0. The summed E-state index contributed by atoms with van der Waals surface area (Å²) in [7, 11) is 3.14. The molecule has 0 aliphatic carbocycles. The zero-order chi connectivity index (χ0) is 6.12. The Kier molecular flexibility index (Phi) is 85.7. The molecule has 63 valence electrons. The summed E-state index contributed by atoms with van der Waals surface area (Å²) in [5.41, 5.74) is 0. The van der Waals surface area contributed by atoms with E-state index in [1.807, 2.05) is 6.92 Å². The van der Waals surface area contributed by atoms with Gasteiger partial charge in [0.2, 0.25) is 0 Å². The Labute approximate surface area is 85.9 Å². The summed E-state index contributed by atoms with van der Waals surface area (Å²) in [5, 5.41) is 0. The summed E-state index contributed by atoms with van der Waals surface area (Å²) in [6.45, 7) is 2.78. The topological polar surface area (TPSA) is 18.5 Å². The van der Waals surface area contributed by atoms with Crippen LogP contribution in [0, 0.1) is 0 Å². The van der Waals surface area contributed by atoms with Gasteiger partial charge < -0.3 is 38.7 Å². The molecule has 0 spiro atoms. The van der Waals surface area contributed by atoms with Crippen LogP contribution in [0.15, 0.2) is 0 Å². The van der Waals surface area contributed by atoms with E-state index in [1.165, 1.54) is 7.11 Å². The maximum absolute atomic E-state index is 4.54. The fraction of sp³-hybridized carbons (Fsp3) is 1.00. The van der Waals surface area contributed by atoms with Crippen LogP contribution in [-0.4, -0.2) is 20.8 Å². The van der Waals surface area contributed by atoms with E-state index in [0.29, 0.717) is 0 Å². The minimum Gasteiger partial charge on any atom is -1.00 e. The van der Waals surface area contributed by atoms with Crippen LogP contribution >= 0.6 is 0 Å². The van der Waals surface area contributed by atoms with E-state index in [0.717, 1.165) is 6.61 Å². The van der Waals surface area contributed by atoms with Crippen molar-refractivity contribution in [2.24, 2.45) is 0 Å². The quantitative estimate of drug-likeness (QED) is 0.451. The molecule has 0 fully saturated rings. The molecule has 0 radical (unpaired) electrons. The van der Waals surface area contributed by atoms with Crippen LogP contribution < -0.4 is 34.0 Å². The number of hydrogen-bond acceptors (Lipinski definition) is 2. The normalized spacial score (nSPS) is 5.33. The Morgan fingerprint density at radius 1 is 1.22 bits per heavy atom. The van der Waals surface area contributed by atoms with Crippen molar-refractivity contribution < 1.29 is 58.4 Å². The molecule has 0 bridgehead atoms. The minimum atomic E-state index is 0. The van der Waals surface area contributed by atoms with E-state index in [-0.39, 0.29) is 34.0 Å². The molecular weight excluding hydrogens is 299 g/mol. The van der Waals surface area contributed by atoms with Gasteiger partial charge in [0.15, 0.2) is 0 Å². The summed E-state index contributed by atoms with van der Waals surface area (Å²) in [6.07, 6.45) is 0. The Morgan fingerprint density at radius 3 is 1.33 bits per heavy atom. The van der Waals surface area contributed by atoms with Crippen molar-refractivity contribution in [3.05, 3.63) is 0 Å². The Morgan fingerprint density at radius 2 is 1.33 bits per heavy atom. The Bertz CT molecular complexity index is 24.0. The van der Waals surface area contributed by atoms with Crippen molar-refractivity contribution in [2.75, 3.05) is 20.8 Å². The van der Waals surface area contributed by atoms with Gasteiger partial charge in [-0.25, -0.2) is 0 Å². The fourth-order valence-electron chi connectivity index (χ4n) is 0. The van der Waals surface area contributed by atoms with Gasteiger partial charge >= 0.3 is 26.8 Å². The van der Waals surface area contributed by atoms with Gasteiger partial charge in [0, 0.05) is 13.7 Å². The third-order valence-corrected chi connectivity index (χ3v) is 0.289. The van der Waals surface area contributed by atoms with Gasteiger partial charge in [-0.05, 0) is 6.92 Å². The first kappa shape index (κ1) is 22.4. The van der Waals surface area contributed by atoms with Crippen LogP contribution in [0.4, 0.5) is 0 Å². The standard InChI is InChI=1S/C3H8O.CH3O.2BrH.Ni/c1-3-4-2;1-2;;;/h3H2,1-2H3;1H3;2*1H;/q;-1;;;+3/p-2. The van der Waals surface area contributed by atoms with Crippen molar-refractivity contribution in [1.82, 2.24) is 0 Å². The molecular formula is C4H11Br2NiO2. The van der Waals surface area contributed by atoms with Crippen molar-refractivity contribution in [2.45, 2.75) is 6.92 Å². The van der Waals surface area contributed by atoms with Crippen LogP contribution in [-0.2, 0) is 24.4 Å². The van der Waals surface area contributed by atoms with E-state index < -0.39 is 0 Å². The second-order valence-electron chi connectivity index (χ2n) is 0.706. The van der Waals surface area contributed by atoms with E-state index in [4.69, 9.17) is 0 Å². The Hall–Kier alpha value is 1.37. The molecule has 0 saturated carbocycles. The van der Waals surface area contributed by atoms with Crippen molar-refractivity contribution in [3.8, 4) is 0 Å². The number of ether oxygens (including phenoxy) is 1. The number of methoxy groups -OCH3 is 1. The summed E-state index contributed by atoms with van der Waals surface area (Å²) in [4.78, 5) is 0. The molecule has 5 heteroatoms. The molecule has 0 aliphatic rings. The minimum absolute atomic E-state index is 0. The monoisotopic (exact) mass is 307 g/mol. The average molecular weight is 310 g/mol. The summed E-state index contributed by atoms with van der Waals surface area (Å²) < 4.78 is 8.42. The molecule has 0 unspecified atom stereocenters. The first-order valence-corrected chi connectivity index (χ1v) is 2.34. The van der Waals surface area contributed by atoms with Gasteiger partial charge in [-0.1, -0.05) is 0 Å². The Balaban J connectivity index is -0.0000000233. The van der Waals surface area contributed by atoms with Crippen LogP contribution in [0.2, 0.25) is 0 Å². The molecule has 0 amide bonds. The van der Waals surface area contributed by atoms with Crippen LogP contribution in [0.1, 0.15) is 6.92 Å². The molecule has 0 aromatic carbocycles. The van der Waals surface area contributed by atoms with Crippen molar-refractivity contribution in [1.29, 1.82) is 0 Å². The maximum atomic E-state index is 4.54. The van der Waals surface area contributed by atoms with Crippen molar-refractivity contribution in [3.63, 3.8) is 0 Å². The molecule has 0 aromatic heterocycles. The summed E-state index contributed by atoms with van der Waals surface area (Å²) >= 11 is 3.67. The molecule has 0 aliphatic heterocycles. The second-order valence-corrected chi connectivity index (χ2v) is 1.11. The maximum Gasteiger partial charge on any atom is -1.00 e. The van der Waals surface area contributed by atoms with Crippen LogP contribution in [0.5, 0.6) is 0 Å². The molecule has 0 saturated heterocycles. The van der Waals surface area contributed by atoms with E-state index in [9.17, 15) is 0 Å². The van der Waals surface area contributed by atoms with E-state index in [1.54, 1.807) is 7.11 Å². The average Bonchev–Trinajstić information content (AvgIpc) is 1.69. The zero-order valence-electron chi connectivity index (χ0n) is 5.60. The van der Waals surface area contributed by atoms with Gasteiger partial charge in [-0.3, -0.25) is 0 Å². The third-order valence-electron chi connectivity index (χ3n) is 0.289. The summed E-state index contributed by atoms with van der Waals surface area (Å²) in [5.74, 6) is 0. The number of halogens is 2. The molecule has 0 rings (SSSR count). The van der Waals surface area contributed by atoms with Gasteiger partial charge in [0.25, 0.3) is 0 Å². The van der Waals surface area contributed by atoms with E-state index >= 15 is 0 Å². The molecule has 2 nitrogen and oxygen atoms in total. The SMILES string of the molecule is CCOC.C[O][Ni+2].[Br-].[Br-]. The first-order valence-electron chi connectivity index (χ1n) is 1.94. The predicted molar refractivity (Wildman–Crippen MR) is 24.6 cm³/mol. The van der Waals surface area contributed by atoms with Crippen molar-refractivity contribution >= 4 is 0 Å². The third kappa shape index (κ3) is 90.5. The predicted octanol–water partition coefficient (Wildman–Crippen LogP) is -5.24. The smallest absolute Gasteiger partial charge is 1.00 e. The molecule has 0 aromatic rings. The molecule has 0 N–H and O–H groups in total. The summed E-state index contributed by atoms with van der Waals surface area (Å²) in [6, 6.07) is 0. The second kappa shape index (κ2) is 34.4. The van der Waals surface area contributed by atoms with Crippen LogP contribution in [0.3, 0.4) is 0 Å². The zero-order valence-corrected chi connectivity index (χ0v) is 9.76. The number of hydrogen-bond donors (Lipinski definition) is 0. The van der Waals surface area contributed by atoms with Crippen LogP contribution in [0.25, 0.3) is 0 Å². The van der Waals surface area contributed by atoms with E-state index in [2.05, 4.69) is 24.4 Å². The molecule has 0 heterocycles. The first-order chi connectivity index (χ1) is 3.33. The molecule has 0 atom stereocenters.